The summed E-state index contributed by atoms with van der Waals surface area (Å²) in [5.41, 5.74) is -0.0543. The molecule has 0 aliphatic rings. The van der Waals surface area contributed by atoms with E-state index in [1.165, 1.54) is 32.1 Å². The zero-order chi connectivity index (χ0) is 28.9. The van der Waals surface area contributed by atoms with Gasteiger partial charge in [0, 0.05) is 27.7 Å². The van der Waals surface area contributed by atoms with Gasteiger partial charge in [-0.25, -0.2) is 14.6 Å². The minimum Gasteiger partial charge on any atom is -0.493 e. The highest BCUT2D eigenvalue weighted by Crippen LogP contribution is 2.39. The lowest BCUT2D eigenvalue weighted by Crippen LogP contribution is -2.37. The maximum atomic E-state index is 12.6. The third kappa shape index (κ3) is 6.70. The molecule has 0 unspecified atom stereocenters. The van der Waals surface area contributed by atoms with E-state index in [-0.39, 0.29) is 0 Å². The molecule has 0 fully saturated rings. The Balaban J connectivity index is 1.77. The lowest BCUT2D eigenvalue weighted by atomic mass is 10.1. The first-order chi connectivity index (χ1) is 18.4. The van der Waals surface area contributed by atoms with E-state index in [2.05, 4.69) is 10.3 Å². The van der Waals surface area contributed by atoms with Gasteiger partial charge >= 0.3 is 11.8 Å². The highest BCUT2D eigenvalue weighted by molar-refractivity contribution is 5.77. The monoisotopic (exact) mass is 541 g/mol. The molecule has 0 saturated heterocycles. The number of nitrogens with one attached hydrogen (secondary N) is 1. The lowest BCUT2D eigenvalue weighted by Gasteiger charge is -2.19. The van der Waals surface area contributed by atoms with Crippen LogP contribution in [0.5, 0.6) is 17.2 Å². The van der Waals surface area contributed by atoms with Gasteiger partial charge in [0.05, 0.1) is 20.5 Å². The van der Waals surface area contributed by atoms with Gasteiger partial charge < -0.3 is 28.8 Å². The summed E-state index contributed by atoms with van der Waals surface area (Å²) in [6, 6.07) is 3.54. The average Bonchev–Trinajstić information content (AvgIpc) is 3.21. The predicted molar refractivity (Wildman–Crippen MR) is 148 cm³/mol. The number of rotatable bonds is 9. The third-order valence-corrected chi connectivity index (χ3v) is 5.68. The molecule has 0 atom stereocenters. The van der Waals surface area contributed by atoms with Crippen molar-refractivity contribution in [2.24, 2.45) is 21.1 Å². The van der Waals surface area contributed by atoms with Crippen LogP contribution in [0.25, 0.3) is 23.3 Å². The maximum Gasteiger partial charge on any atom is 0.407 e. The molecule has 3 aromatic rings. The van der Waals surface area contributed by atoms with Gasteiger partial charge in [0.1, 0.15) is 11.4 Å². The number of hydrogen-bond donors (Lipinski definition) is 1. The highest BCUT2D eigenvalue weighted by Gasteiger charge is 2.17. The van der Waals surface area contributed by atoms with Crippen LogP contribution in [-0.4, -0.2) is 51.1 Å². The summed E-state index contributed by atoms with van der Waals surface area (Å²) in [6.45, 7) is 5.79. The summed E-state index contributed by atoms with van der Waals surface area (Å²) < 4.78 is 26.0. The van der Waals surface area contributed by atoms with Gasteiger partial charge in [0.25, 0.3) is 5.56 Å². The third-order valence-electron chi connectivity index (χ3n) is 5.68. The Labute approximate surface area is 226 Å². The predicted octanol–water partition coefficient (Wildman–Crippen LogP) is 2.97. The summed E-state index contributed by atoms with van der Waals surface area (Å²) in [4.78, 5) is 41.1. The maximum absolute atomic E-state index is 12.6. The Hall–Kier alpha value is -4.48. The van der Waals surface area contributed by atoms with E-state index < -0.39 is 22.9 Å². The van der Waals surface area contributed by atoms with Gasteiger partial charge in [-0.05, 0) is 57.0 Å². The second-order valence-corrected chi connectivity index (χ2v) is 9.70. The van der Waals surface area contributed by atoms with E-state index in [0.29, 0.717) is 47.2 Å². The number of nitrogens with zero attached hydrogens (tertiary/aromatic N) is 4. The molecule has 0 spiro atoms. The number of ether oxygens (including phenoxy) is 4. The molecular weight excluding hydrogens is 506 g/mol. The van der Waals surface area contributed by atoms with Crippen LogP contribution >= 0.6 is 0 Å². The Morgan fingerprint density at radius 1 is 1.00 bits per heavy atom. The second kappa shape index (κ2) is 11.9. The van der Waals surface area contributed by atoms with E-state index >= 15 is 0 Å². The number of methoxy groups -OCH3 is 2. The van der Waals surface area contributed by atoms with Crippen LogP contribution in [0.4, 0.5) is 4.79 Å². The number of carbonyl (C=O) groups excluding carboxylic acids is 1. The second-order valence-electron chi connectivity index (χ2n) is 9.70. The molecule has 1 aromatic carbocycles. The van der Waals surface area contributed by atoms with Crippen molar-refractivity contribution in [1.29, 1.82) is 0 Å². The van der Waals surface area contributed by atoms with Gasteiger partial charge in [-0.3, -0.25) is 13.9 Å². The zero-order valence-electron chi connectivity index (χ0n) is 23.5. The number of imidazole rings is 1. The molecule has 39 heavy (non-hydrogen) atoms. The van der Waals surface area contributed by atoms with Crippen molar-refractivity contribution in [2.45, 2.75) is 32.8 Å². The summed E-state index contributed by atoms with van der Waals surface area (Å²) >= 11 is 0. The smallest absolute Gasteiger partial charge is 0.407 e. The summed E-state index contributed by atoms with van der Waals surface area (Å²) in [6.07, 6.45) is 6.82. The van der Waals surface area contributed by atoms with Crippen molar-refractivity contribution >= 4 is 29.4 Å². The summed E-state index contributed by atoms with van der Waals surface area (Å²) in [5, 5.41) is 2.67. The molecule has 2 heterocycles. The van der Waals surface area contributed by atoms with Crippen LogP contribution in [0, 0.1) is 0 Å². The van der Waals surface area contributed by atoms with Crippen LogP contribution in [0.2, 0.25) is 0 Å². The molecule has 0 saturated carbocycles. The number of fused-ring (bicyclic) bond motifs is 1. The van der Waals surface area contributed by atoms with Crippen molar-refractivity contribution in [3.05, 3.63) is 56.7 Å². The minimum atomic E-state index is -0.554. The molecule has 0 bridgehead atoms. The van der Waals surface area contributed by atoms with Gasteiger partial charge in [0.15, 0.2) is 22.7 Å². The van der Waals surface area contributed by atoms with Crippen LogP contribution in [0.15, 0.2) is 34.1 Å². The molecule has 12 nitrogen and oxygen atoms in total. The van der Waals surface area contributed by atoms with Crippen molar-refractivity contribution < 1.29 is 23.7 Å². The van der Waals surface area contributed by atoms with Crippen LogP contribution in [0.1, 0.15) is 38.6 Å². The van der Waals surface area contributed by atoms with Crippen LogP contribution < -0.4 is 30.8 Å². The number of carbonyl (C=O) groups is 1. The molecule has 210 valence electrons. The topological polar surface area (TPSA) is 128 Å². The SMILES string of the molecule is COc1cc(C=Cc2nc3c(c(=O)n(C)c(=O)n3C)n2C)cc(OC)c1OC=CCCNC(=O)OC(C)(C)C. The Morgan fingerprint density at radius 3 is 2.23 bits per heavy atom. The minimum absolute atomic E-state index is 0.303. The number of amides is 1. The van der Waals surface area contributed by atoms with Gasteiger partial charge in [-0.1, -0.05) is 6.08 Å². The molecular formula is C27H35N5O7. The quantitative estimate of drug-likeness (QED) is 0.324. The first-order valence-electron chi connectivity index (χ1n) is 12.2. The molecule has 1 amide bonds. The Kier molecular flexibility index (Phi) is 8.89. The molecule has 0 aliphatic heterocycles. The van der Waals surface area contributed by atoms with E-state index in [4.69, 9.17) is 18.9 Å². The summed E-state index contributed by atoms with van der Waals surface area (Å²) in [5.74, 6) is 1.75. The standard InChI is InChI=1S/C27H35N5O7/c1-27(2,3)39-25(34)28-13-9-10-14-38-22-18(36-7)15-17(16-19(22)37-8)11-12-20-29-23-21(30(20)4)24(33)32(6)26(35)31(23)5/h10-12,14-16H,9,13H2,1-8H3,(H,28,34). The Morgan fingerprint density at radius 2 is 1.64 bits per heavy atom. The molecule has 0 radical (unpaired) electrons. The molecule has 2 aromatic heterocycles. The fourth-order valence-electron chi connectivity index (χ4n) is 3.72. The number of alkyl carbamates (subject to hydrolysis) is 1. The fourth-order valence-corrected chi connectivity index (χ4v) is 3.72. The molecule has 12 heteroatoms. The van der Waals surface area contributed by atoms with Crippen molar-refractivity contribution in [1.82, 2.24) is 24.0 Å². The van der Waals surface area contributed by atoms with Crippen molar-refractivity contribution in [3.8, 4) is 17.2 Å². The lowest BCUT2D eigenvalue weighted by molar-refractivity contribution is 0.0528. The largest absolute Gasteiger partial charge is 0.493 e. The summed E-state index contributed by atoms with van der Waals surface area (Å²) in [7, 11) is 7.76. The van der Waals surface area contributed by atoms with E-state index in [0.717, 1.165) is 10.1 Å². The zero-order valence-corrected chi connectivity index (χ0v) is 23.5. The number of aryl methyl sites for hydroxylation is 2. The van der Waals surface area contributed by atoms with Crippen molar-refractivity contribution in [2.75, 3.05) is 20.8 Å². The Bertz CT molecular complexity index is 1510. The normalized spacial score (nSPS) is 11.9. The first-order valence-corrected chi connectivity index (χ1v) is 12.2. The fraction of sp³-hybridized carbons (Fsp3) is 0.407. The van der Waals surface area contributed by atoms with Crippen LogP contribution in [-0.2, 0) is 25.9 Å². The molecule has 3 rings (SSSR count). The van der Waals surface area contributed by atoms with Crippen LogP contribution in [0.3, 0.4) is 0 Å². The number of aromatic nitrogens is 4. The van der Waals surface area contributed by atoms with Gasteiger partial charge in [-0.2, -0.15) is 0 Å². The van der Waals surface area contributed by atoms with E-state index in [9.17, 15) is 14.4 Å². The number of hydrogen-bond acceptors (Lipinski definition) is 8. The number of benzene rings is 1. The van der Waals surface area contributed by atoms with Gasteiger partial charge in [-0.15, -0.1) is 0 Å². The molecule has 0 aliphatic carbocycles. The van der Waals surface area contributed by atoms with Crippen molar-refractivity contribution in [3.63, 3.8) is 0 Å². The molecule has 1 N–H and O–H groups in total. The van der Waals surface area contributed by atoms with Gasteiger partial charge in [0.2, 0.25) is 5.75 Å². The first kappa shape index (κ1) is 29.1. The average molecular weight is 542 g/mol. The highest BCUT2D eigenvalue weighted by atomic mass is 16.6. The van der Waals surface area contributed by atoms with E-state index in [1.54, 1.807) is 69.8 Å². The van der Waals surface area contributed by atoms with E-state index in [1.807, 2.05) is 0 Å².